The van der Waals surface area contributed by atoms with Crippen LogP contribution in [0.4, 0.5) is 0 Å². The fraction of sp³-hybridized carbons (Fsp3) is 0.903. The highest BCUT2D eigenvalue weighted by Crippen LogP contribution is 2.67. The zero-order valence-corrected chi connectivity index (χ0v) is 23.3. The van der Waals surface area contributed by atoms with E-state index in [4.69, 9.17) is 4.74 Å². The van der Waals surface area contributed by atoms with Crippen molar-refractivity contribution in [3.8, 4) is 0 Å². The third-order valence-electron chi connectivity index (χ3n) is 11.1. The standard InChI is InChI=1S/C31H52O4/c1-19(2)8-7-9-20(3)25-12-13-26-24-11-10-22-17-23(33)18-28(35-29(34)16-21(4)32)31(22,6)27(24)14-15-30(25,26)5/h10,19-21,23-28,32-33H,7-9,11-18H2,1-6H3/t20-,21?,23-,24+,25-,26+,27+,28?,30-,31+/m1/s1. The minimum absolute atomic E-state index is 0.0207. The van der Waals surface area contributed by atoms with Crippen LogP contribution in [0.2, 0.25) is 0 Å². The molecule has 0 amide bonds. The first kappa shape index (κ1) is 27.2. The third-order valence-corrected chi connectivity index (χ3v) is 11.1. The van der Waals surface area contributed by atoms with E-state index in [0.717, 1.165) is 30.1 Å². The maximum absolute atomic E-state index is 12.6. The lowest BCUT2D eigenvalue weighted by atomic mass is 9.46. The van der Waals surface area contributed by atoms with E-state index < -0.39 is 12.2 Å². The molecule has 0 radical (unpaired) electrons. The number of ether oxygens (including phenoxy) is 1. The molecule has 10 atom stereocenters. The van der Waals surface area contributed by atoms with Crippen LogP contribution in [0, 0.1) is 46.3 Å². The van der Waals surface area contributed by atoms with Crippen molar-refractivity contribution in [3.63, 3.8) is 0 Å². The zero-order valence-electron chi connectivity index (χ0n) is 23.3. The highest BCUT2D eigenvalue weighted by molar-refractivity contribution is 5.70. The average molecular weight is 489 g/mol. The molecule has 3 saturated carbocycles. The van der Waals surface area contributed by atoms with Crippen molar-refractivity contribution in [3.05, 3.63) is 11.6 Å². The summed E-state index contributed by atoms with van der Waals surface area (Å²) in [6.45, 7) is 13.8. The Balaban J connectivity index is 1.54. The summed E-state index contributed by atoms with van der Waals surface area (Å²) in [6.07, 6.45) is 12.6. The van der Waals surface area contributed by atoms with Crippen molar-refractivity contribution < 1.29 is 19.7 Å². The first-order valence-corrected chi connectivity index (χ1v) is 14.7. The Bertz CT molecular complexity index is 787. The number of allylic oxidation sites excluding steroid dienone is 1. The molecule has 2 unspecified atom stereocenters. The molecule has 2 N–H and O–H groups in total. The monoisotopic (exact) mass is 488 g/mol. The van der Waals surface area contributed by atoms with Crippen molar-refractivity contribution in [2.24, 2.45) is 46.3 Å². The van der Waals surface area contributed by atoms with Gasteiger partial charge in [-0.05, 0) is 86.4 Å². The maximum Gasteiger partial charge on any atom is 0.308 e. The van der Waals surface area contributed by atoms with Gasteiger partial charge in [-0.25, -0.2) is 0 Å². The molecule has 3 fully saturated rings. The molecule has 0 aliphatic heterocycles. The first-order chi connectivity index (χ1) is 16.5. The number of carbonyl (C=O) groups is 1. The van der Waals surface area contributed by atoms with E-state index in [1.54, 1.807) is 6.92 Å². The normalized spacial score (nSPS) is 42.5. The quantitative estimate of drug-likeness (QED) is 0.295. The van der Waals surface area contributed by atoms with Crippen molar-refractivity contribution in [2.45, 2.75) is 130 Å². The number of hydrogen-bond donors (Lipinski definition) is 2. The summed E-state index contributed by atoms with van der Waals surface area (Å²) in [5.41, 5.74) is 1.54. The van der Waals surface area contributed by atoms with Crippen molar-refractivity contribution in [1.29, 1.82) is 0 Å². The van der Waals surface area contributed by atoms with E-state index in [-0.39, 0.29) is 23.9 Å². The molecule has 0 heterocycles. The van der Waals surface area contributed by atoms with E-state index in [1.165, 1.54) is 50.5 Å². The van der Waals surface area contributed by atoms with Crippen molar-refractivity contribution in [1.82, 2.24) is 0 Å². The lowest BCUT2D eigenvalue weighted by Crippen LogP contribution is -2.56. The van der Waals surface area contributed by atoms with Gasteiger partial charge in [-0.15, -0.1) is 0 Å². The second kappa shape index (κ2) is 10.5. The van der Waals surface area contributed by atoms with Gasteiger partial charge in [-0.2, -0.15) is 0 Å². The van der Waals surface area contributed by atoms with Crippen LogP contribution in [-0.4, -0.2) is 34.5 Å². The van der Waals surface area contributed by atoms with Crippen molar-refractivity contribution >= 4 is 5.97 Å². The van der Waals surface area contributed by atoms with Gasteiger partial charge in [0.1, 0.15) is 6.10 Å². The predicted octanol–water partition coefficient (Wildman–Crippen LogP) is 6.68. The molecule has 200 valence electrons. The Morgan fingerprint density at radius 1 is 1.11 bits per heavy atom. The van der Waals surface area contributed by atoms with Gasteiger partial charge in [0, 0.05) is 11.8 Å². The van der Waals surface area contributed by atoms with Gasteiger partial charge < -0.3 is 14.9 Å². The molecule has 4 aliphatic rings. The fourth-order valence-corrected chi connectivity index (χ4v) is 9.32. The van der Waals surface area contributed by atoms with Gasteiger partial charge in [0.15, 0.2) is 0 Å². The summed E-state index contributed by atoms with van der Waals surface area (Å²) in [6, 6.07) is 0. The molecule has 4 nitrogen and oxygen atoms in total. The molecule has 0 aromatic rings. The zero-order chi connectivity index (χ0) is 25.5. The molecule has 0 spiro atoms. The van der Waals surface area contributed by atoms with Crippen LogP contribution in [-0.2, 0) is 9.53 Å². The Morgan fingerprint density at radius 2 is 1.86 bits per heavy atom. The maximum atomic E-state index is 12.6. The molecule has 0 aromatic carbocycles. The summed E-state index contributed by atoms with van der Waals surface area (Å²) in [5.74, 6) is 3.98. The molecular formula is C31H52O4. The first-order valence-electron chi connectivity index (χ1n) is 14.7. The Morgan fingerprint density at radius 3 is 2.54 bits per heavy atom. The van der Waals surface area contributed by atoms with Gasteiger partial charge in [-0.1, -0.05) is 65.5 Å². The number of aliphatic hydroxyl groups is 2. The predicted molar refractivity (Wildman–Crippen MR) is 141 cm³/mol. The third kappa shape index (κ3) is 5.13. The highest BCUT2D eigenvalue weighted by atomic mass is 16.5. The molecule has 0 saturated heterocycles. The summed E-state index contributed by atoms with van der Waals surface area (Å²) >= 11 is 0. The van der Waals surface area contributed by atoms with Crippen LogP contribution in [0.5, 0.6) is 0 Å². The number of aliphatic hydroxyl groups excluding tert-OH is 2. The average Bonchev–Trinajstić information content (AvgIpc) is 3.11. The van der Waals surface area contributed by atoms with Crippen LogP contribution < -0.4 is 0 Å². The van der Waals surface area contributed by atoms with Crippen LogP contribution in [0.25, 0.3) is 0 Å². The van der Waals surface area contributed by atoms with Crippen LogP contribution in [0.1, 0.15) is 112 Å². The molecule has 35 heavy (non-hydrogen) atoms. The van der Waals surface area contributed by atoms with E-state index in [1.807, 2.05) is 0 Å². The van der Waals surface area contributed by atoms with Gasteiger partial charge >= 0.3 is 5.97 Å². The molecule has 4 aliphatic carbocycles. The summed E-state index contributed by atoms with van der Waals surface area (Å²) < 4.78 is 6.05. The highest BCUT2D eigenvalue weighted by Gasteiger charge is 2.61. The Kier molecular flexibility index (Phi) is 8.14. The minimum atomic E-state index is -0.703. The summed E-state index contributed by atoms with van der Waals surface area (Å²) in [5, 5.41) is 20.3. The van der Waals surface area contributed by atoms with E-state index in [0.29, 0.717) is 30.1 Å². The Labute approximate surface area is 214 Å². The minimum Gasteiger partial charge on any atom is -0.461 e. The van der Waals surface area contributed by atoms with Gasteiger partial charge in [0.05, 0.1) is 18.6 Å². The molecule has 4 rings (SSSR count). The lowest BCUT2D eigenvalue weighted by molar-refractivity contribution is -0.171. The second-order valence-electron chi connectivity index (χ2n) is 13.8. The molecule has 4 heteroatoms. The van der Waals surface area contributed by atoms with E-state index >= 15 is 0 Å². The number of esters is 1. The smallest absolute Gasteiger partial charge is 0.308 e. The molecule has 0 bridgehead atoms. The Hall–Kier alpha value is -0.870. The number of fused-ring (bicyclic) bond motifs is 5. The number of rotatable bonds is 8. The summed E-state index contributed by atoms with van der Waals surface area (Å²) in [4.78, 5) is 12.6. The largest absolute Gasteiger partial charge is 0.461 e. The van der Waals surface area contributed by atoms with E-state index in [9.17, 15) is 15.0 Å². The second-order valence-corrected chi connectivity index (χ2v) is 13.8. The topological polar surface area (TPSA) is 66.8 Å². The number of carbonyl (C=O) groups excluding carboxylic acids is 1. The van der Waals surface area contributed by atoms with Crippen molar-refractivity contribution in [2.75, 3.05) is 0 Å². The van der Waals surface area contributed by atoms with Crippen LogP contribution in [0.3, 0.4) is 0 Å². The van der Waals surface area contributed by atoms with Gasteiger partial charge in [-0.3, -0.25) is 4.79 Å². The fourth-order valence-electron chi connectivity index (χ4n) is 9.32. The van der Waals surface area contributed by atoms with E-state index in [2.05, 4.69) is 40.7 Å². The molecule has 0 aromatic heterocycles. The number of hydrogen-bond acceptors (Lipinski definition) is 4. The van der Waals surface area contributed by atoms with Gasteiger partial charge in [0.2, 0.25) is 0 Å². The van der Waals surface area contributed by atoms with Crippen LogP contribution >= 0.6 is 0 Å². The SMILES string of the molecule is CC(C)CCC[C@@H](C)[C@H]1CC[C@H]2[C@@H]3CC=C4C[C@@H](O)CC(OC(=O)CC(C)O)[C@]4(C)[C@H]3CC[C@]12C. The molecular weight excluding hydrogens is 436 g/mol. The summed E-state index contributed by atoms with van der Waals surface area (Å²) in [7, 11) is 0. The van der Waals surface area contributed by atoms with Gasteiger partial charge in [0.25, 0.3) is 0 Å². The van der Waals surface area contributed by atoms with Crippen LogP contribution in [0.15, 0.2) is 11.6 Å². The lowest BCUT2D eigenvalue weighted by Gasteiger charge is -2.60.